The van der Waals surface area contributed by atoms with Gasteiger partial charge in [-0.05, 0) is 184 Å². The highest BCUT2D eigenvalue weighted by atomic mass is 28.3. The van der Waals surface area contributed by atoms with Gasteiger partial charge in [0.15, 0.2) is 19.2 Å². The van der Waals surface area contributed by atoms with Crippen LogP contribution < -0.4 is 30.5 Å². The molecule has 0 saturated carbocycles. The number of fused-ring (bicyclic) bond motifs is 18. The monoisotopic (exact) mass is 1260 g/mol. The van der Waals surface area contributed by atoms with E-state index in [0.29, 0.717) is 0 Å². The number of rotatable bonds is 10. The van der Waals surface area contributed by atoms with E-state index in [9.17, 15) is 0 Å². The van der Waals surface area contributed by atoms with Crippen LogP contribution in [0.2, 0.25) is 0 Å². The Labute approximate surface area is 568 Å². The zero-order valence-electron chi connectivity index (χ0n) is 55.7. The summed E-state index contributed by atoms with van der Waals surface area (Å²) < 4.78 is 14.5. The molecule has 97 heavy (non-hydrogen) atoms. The fourth-order valence-electron chi connectivity index (χ4n) is 16.7. The molecule has 0 amide bonds. The van der Waals surface area contributed by atoms with Crippen molar-refractivity contribution < 1.29 is 8.83 Å². The van der Waals surface area contributed by atoms with Crippen molar-refractivity contribution in [2.45, 2.75) is 64.7 Å². The zero-order chi connectivity index (χ0) is 65.5. The largest absolute Gasteiger partial charge is 0.454 e. The molecule has 0 radical (unpaired) electrons. The first-order chi connectivity index (χ1) is 47.3. The second-order valence-electron chi connectivity index (χ2n) is 28.8. The lowest BCUT2D eigenvalue weighted by Crippen LogP contribution is -2.74. The summed E-state index contributed by atoms with van der Waals surface area (Å²) in [5.41, 5.74) is 22.2. The molecule has 2 aromatic heterocycles. The Bertz CT molecular complexity index is 5650. The Hall–Kier alpha value is -11.2. The van der Waals surface area contributed by atoms with E-state index in [4.69, 9.17) is 8.83 Å². The van der Waals surface area contributed by atoms with Gasteiger partial charge in [-0.25, -0.2) is 0 Å². The van der Waals surface area contributed by atoms with Gasteiger partial charge in [-0.1, -0.05) is 272 Å². The molecule has 0 bridgehead atoms. The summed E-state index contributed by atoms with van der Waals surface area (Å²) in [6.45, 7) is 16.0. The van der Waals surface area contributed by atoms with E-state index in [1.165, 1.54) is 81.8 Å². The Kier molecular flexibility index (Phi) is 13.2. The summed E-state index contributed by atoms with van der Waals surface area (Å²) in [6.07, 6.45) is 0. The van der Waals surface area contributed by atoms with E-state index in [0.717, 1.165) is 89.0 Å². The van der Waals surface area contributed by atoms with Crippen molar-refractivity contribution in [1.82, 2.24) is 0 Å². The normalized spacial score (nSPS) is 13.2. The van der Waals surface area contributed by atoms with Crippen LogP contribution >= 0.6 is 0 Å². The SMILES string of the molecule is Cc1cc(N(c2ccc(C(C)(C)C)cc2)c2cc3c(c4ccccc24)-c2ccc(N(c4ccc(C(C)(C)C)cc4)c4cc([Si](c5ccccc5)(c5ccccc5)c5ccccc5)cc5c4oc4ccccc45)cc2C32c3ccccc3-c3ccccc32)c2oc3ccccc3c2c1. The predicted octanol–water partition coefficient (Wildman–Crippen LogP) is 22.2. The number of para-hydroxylation sites is 2. The van der Waals surface area contributed by atoms with Gasteiger partial charge < -0.3 is 18.6 Å². The maximum atomic E-state index is 7.39. The van der Waals surface area contributed by atoms with Crippen molar-refractivity contribution in [3.05, 3.63) is 348 Å². The van der Waals surface area contributed by atoms with E-state index in [1.54, 1.807) is 0 Å². The van der Waals surface area contributed by atoms with Crippen LogP contribution in [0.5, 0.6) is 0 Å². The van der Waals surface area contributed by atoms with Gasteiger partial charge in [0.1, 0.15) is 11.2 Å². The van der Waals surface area contributed by atoms with Crippen molar-refractivity contribution in [1.29, 1.82) is 0 Å². The highest BCUT2D eigenvalue weighted by molar-refractivity contribution is 7.20. The van der Waals surface area contributed by atoms with Gasteiger partial charge in [0.25, 0.3) is 0 Å². The highest BCUT2D eigenvalue weighted by Gasteiger charge is 2.53. The van der Waals surface area contributed by atoms with E-state index < -0.39 is 13.5 Å². The van der Waals surface area contributed by atoms with Crippen LogP contribution in [0, 0.1) is 6.92 Å². The molecule has 4 nitrogen and oxygen atoms in total. The van der Waals surface area contributed by atoms with E-state index in [1.807, 2.05) is 0 Å². The number of hydrogen-bond acceptors (Lipinski definition) is 4. The second kappa shape index (κ2) is 21.9. The van der Waals surface area contributed by atoms with Crippen molar-refractivity contribution in [2.75, 3.05) is 9.80 Å². The molecule has 0 saturated heterocycles. The second-order valence-corrected chi connectivity index (χ2v) is 32.6. The third kappa shape index (κ3) is 8.81. The van der Waals surface area contributed by atoms with E-state index in [-0.39, 0.29) is 10.8 Å². The molecule has 14 aromatic carbocycles. The molecule has 2 aliphatic carbocycles. The topological polar surface area (TPSA) is 32.8 Å². The molecule has 1 spiro atoms. The predicted molar refractivity (Wildman–Crippen MR) is 410 cm³/mol. The van der Waals surface area contributed by atoms with E-state index >= 15 is 0 Å². The average Bonchev–Trinajstić information content (AvgIpc) is 1.50. The first kappa shape index (κ1) is 58.3. The highest BCUT2D eigenvalue weighted by Crippen LogP contribution is 2.66. The molecular weight excluding hydrogens is 1190 g/mol. The lowest BCUT2D eigenvalue weighted by molar-refractivity contribution is 0.590. The molecule has 0 unspecified atom stereocenters. The number of furan rings is 2. The van der Waals surface area contributed by atoms with Gasteiger partial charge >= 0.3 is 0 Å². The van der Waals surface area contributed by atoms with Crippen molar-refractivity contribution in [2.24, 2.45) is 0 Å². The maximum Gasteiger partial charge on any atom is 0.179 e. The number of hydrogen-bond donors (Lipinski definition) is 0. The quantitative estimate of drug-likeness (QED) is 0.101. The van der Waals surface area contributed by atoms with Crippen molar-refractivity contribution in [3.63, 3.8) is 0 Å². The molecule has 0 N–H and O–H groups in total. The van der Waals surface area contributed by atoms with Gasteiger partial charge in [-0.15, -0.1) is 0 Å². The minimum Gasteiger partial charge on any atom is -0.454 e. The minimum atomic E-state index is -3.16. The Morgan fingerprint density at radius 3 is 1.26 bits per heavy atom. The summed E-state index contributed by atoms with van der Waals surface area (Å²) in [4.78, 5) is 5.02. The fraction of sp³-hybridized carbons (Fsp3) is 0.109. The van der Waals surface area contributed by atoms with Gasteiger partial charge in [0, 0.05) is 44.0 Å². The lowest BCUT2D eigenvalue weighted by atomic mass is 9.70. The first-order valence-electron chi connectivity index (χ1n) is 34.0. The minimum absolute atomic E-state index is 0.0512. The van der Waals surface area contributed by atoms with Crippen LogP contribution in [0.15, 0.2) is 318 Å². The molecular formula is C92H72N2O2Si. The molecule has 5 heteroatoms. The number of nitrogens with zero attached hydrogens (tertiary/aromatic N) is 2. The number of benzene rings is 14. The Morgan fingerprint density at radius 1 is 0.299 bits per heavy atom. The van der Waals surface area contributed by atoms with Crippen molar-refractivity contribution in [3.8, 4) is 22.3 Å². The summed E-state index contributed by atoms with van der Waals surface area (Å²) in [7, 11) is -3.16. The Morgan fingerprint density at radius 2 is 0.732 bits per heavy atom. The molecule has 2 heterocycles. The zero-order valence-corrected chi connectivity index (χ0v) is 56.7. The van der Waals surface area contributed by atoms with E-state index in [2.05, 4.69) is 368 Å². The van der Waals surface area contributed by atoms with Crippen LogP contribution in [0.1, 0.15) is 80.5 Å². The summed E-state index contributed by atoms with van der Waals surface area (Å²) >= 11 is 0. The molecule has 0 aliphatic heterocycles. The molecule has 16 aromatic rings. The molecule has 0 fully saturated rings. The first-order valence-corrected chi connectivity index (χ1v) is 36.0. The van der Waals surface area contributed by atoms with Crippen LogP contribution in [0.25, 0.3) is 76.9 Å². The summed E-state index contributed by atoms with van der Waals surface area (Å²) in [5, 5.41) is 11.9. The Balaban J connectivity index is 0.953. The molecule has 2 aliphatic rings. The van der Waals surface area contributed by atoms with Gasteiger partial charge in [0.2, 0.25) is 0 Å². The smallest absolute Gasteiger partial charge is 0.179 e. The lowest BCUT2D eigenvalue weighted by Gasteiger charge is -2.36. The molecule has 18 rings (SSSR count). The fourth-order valence-corrected chi connectivity index (χ4v) is 21.5. The standard InChI is InChI=1S/C92H72N2O2Si/c1-59-53-76-72-36-21-25-41-85(72)95-88(76)83(54-59)94(63-49-45-61(46-50-63)91(5,6)7)82-58-81-87(74-38-18-17-35-71(74)82)75-52-51-64(55-80(75)92(81)78-39-23-19-33-69(78)70-34-20-24-40-79(70)92)93(62-47-43-60(44-48-62)90(2,3)4)84-57-68(56-77-73-37-22-26-42-86(73)96-89(77)84)97(65-27-11-8-12-28-65,66-29-13-9-14-30-66)67-31-15-10-16-32-67/h8-58H,1-7H3. The van der Waals surface area contributed by atoms with Crippen molar-refractivity contribution >= 4 is 118 Å². The van der Waals surface area contributed by atoms with Crippen LogP contribution in [0.4, 0.5) is 34.1 Å². The molecule has 0 atom stereocenters. The van der Waals surface area contributed by atoms with Gasteiger partial charge in [0.05, 0.1) is 22.5 Å². The average molecular weight is 1270 g/mol. The third-order valence-electron chi connectivity index (χ3n) is 21.1. The molecule has 466 valence electrons. The number of anilines is 6. The van der Waals surface area contributed by atoms with Crippen LogP contribution in [-0.4, -0.2) is 8.07 Å². The summed E-state index contributed by atoms with van der Waals surface area (Å²) in [6, 6.07) is 117. The van der Waals surface area contributed by atoms with Gasteiger partial charge in [-0.2, -0.15) is 0 Å². The van der Waals surface area contributed by atoms with Crippen LogP contribution in [-0.2, 0) is 16.2 Å². The summed E-state index contributed by atoms with van der Waals surface area (Å²) in [5.74, 6) is 0. The maximum absolute atomic E-state index is 7.39. The van der Waals surface area contributed by atoms with Crippen LogP contribution in [0.3, 0.4) is 0 Å². The number of aryl methyl sites for hydroxylation is 1. The van der Waals surface area contributed by atoms with Gasteiger partial charge in [-0.3, -0.25) is 0 Å². The third-order valence-corrected chi connectivity index (χ3v) is 25.9.